The Morgan fingerprint density at radius 3 is 2.71 bits per heavy atom. The highest BCUT2D eigenvalue weighted by Gasteiger charge is 2.24. The quantitative estimate of drug-likeness (QED) is 0.556. The van der Waals surface area contributed by atoms with E-state index >= 15 is 0 Å². The maximum Gasteiger partial charge on any atom is 0.258 e. The molecule has 0 aliphatic heterocycles. The molecule has 2 aromatic carbocycles. The van der Waals surface area contributed by atoms with Gasteiger partial charge in [-0.05, 0) is 50.6 Å². The van der Waals surface area contributed by atoms with Gasteiger partial charge < -0.3 is 5.32 Å². The van der Waals surface area contributed by atoms with Crippen molar-refractivity contribution in [2.75, 3.05) is 5.32 Å². The molecule has 31 heavy (non-hydrogen) atoms. The first-order chi connectivity index (χ1) is 15.0. The number of rotatable bonds is 4. The van der Waals surface area contributed by atoms with Crippen molar-refractivity contribution >= 4 is 22.4 Å². The first kappa shape index (κ1) is 19.2. The van der Waals surface area contributed by atoms with E-state index in [1.165, 1.54) is 4.57 Å². The molecule has 0 saturated heterocycles. The van der Waals surface area contributed by atoms with Crippen molar-refractivity contribution in [3.63, 3.8) is 0 Å². The molecule has 0 unspecified atom stereocenters. The second-order valence-corrected chi connectivity index (χ2v) is 8.00. The predicted octanol–water partition coefficient (Wildman–Crippen LogP) is 3.33. The minimum atomic E-state index is -0.277. The second-order valence-electron chi connectivity index (χ2n) is 8.00. The summed E-state index contributed by atoms with van der Waals surface area (Å²) in [6.45, 7) is 3.68. The molecule has 7 heteroatoms. The number of aromatic nitrogens is 4. The van der Waals surface area contributed by atoms with Crippen LogP contribution in [0.15, 0.2) is 53.3 Å². The molecule has 4 aromatic rings. The molecule has 7 nitrogen and oxygen atoms in total. The lowest BCUT2D eigenvalue weighted by Crippen LogP contribution is -2.34. The molecular weight excluding hydrogens is 390 g/mol. The van der Waals surface area contributed by atoms with Gasteiger partial charge in [-0.2, -0.15) is 5.10 Å². The lowest BCUT2D eigenvalue weighted by molar-refractivity contribution is -0.116. The summed E-state index contributed by atoms with van der Waals surface area (Å²) in [5.41, 5.74) is 3.79. The van der Waals surface area contributed by atoms with E-state index < -0.39 is 0 Å². The van der Waals surface area contributed by atoms with Crippen molar-refractivity contribution in [1.82, 2.24) is 19.3 Å². The van der Waals surface area contributed by atoms with Crippen molar-refractivity contribution in [2.24, 2.45) is 0 Å². The summed E-state index contributed by atoms with van der Waals surface area (Å²) in [5.74, 6) is 0.116. The molecule has 2 heterocycles. The average molecular weight is 413 g/mol. The molecule has 0 bridgehead atoms. The van der Waals surface area contributed by atoms with Crippen LogP contribution in [0, 0.1) is 13.8 Å². The summed E-state index contributed by atoms with van der Waals surface area (Å²) >= 11 is 0. The van der Waals surface area contributed by atoms with Crippen LogP contribution >= 0.6 is 0 Å². The molecule has 1 N–H and O–H groups in total. The Kier molecular flexibility index (Phi) is 4.66. The standard InChI is InChI=1S/C24H23N5O2/c1-15-13-16(2)29(27-15)24-26-21-12-6-10-19(21)23(31)28(24)14-22(30)25-20-11-5-8-17-7-3-4-9-18(17)20/h3-5,7-9,11,13H,6,10,12,14H2,1-2H3,(H,25,30). The number of anilines is 1. The molecule has 1 amide bonds. The molecule has 0 saturated carbocycles. The normalized spacial score (nSPS) is 12.8. The van der Waals surface area contributed by atoms with Crippen LogP contribution < -0.4 is 10.9 Å². The van der Waals surface area contributed by atoms with Crippen molar-refractivity contribution in [1.29, 1.82) is 0 Å². The maximum absolute atomic E-state index is 13.3. The van der Waals surface area contributed by atoms with E-state index in [0.717, 1.165) is 46.4 Å². The number of fused-ring (bicyclic) bond motifs is 2. The molecular formula is C24H23N5O2. The van der Waals surface area contributed by atoms with E-state index in [2.05, 4.69) is 10.4 Å². The van der Waals surface area contributed by atoms with Gasteiger partial charge in [0.1, 0.15) is 6.54 Å². The molecule has 1 aliphatic rings. The van der Waals surface area contributed by atoms with Crippen LogP contribution in [0.25, 0.3) is 16.7 Å². The van der Waals surface area contributed by atoms with Crippen LogP contribution in [0.1, 0.15) is 29.1 Å². The van der Waals surface area contributed by atoms with Gasteiger partial charge in [0.2, 0.25) is 11.9 Å². The third kappa shape index (κ3) is 3.42. The third-order valence-electron chi connectivity index (χ3n) is 5.73. The Labute approximate surface area is 179 Å². The number of benzene rings is 2. The summed E-state index contributed by atoms with van der Waals surface area (Å²) in [7, 11) is 0. The summed E-state index contributed by atoms with van der Waals surface area (Å²) < 4.78 is 3.10. The van der Waals surface area contributed by atoms with Crippen LogP contribution in [-0.4, -0.2) is 25.2 Å². The van der Waals surface area contributed by atoms with Crippen molar-refractivity contribution in [2.45, 2.75) is 39.7 Å². The fraction of sp³-hybridized carbons (Fsp3) is 0.250. The largest absolute Gasteiger partial charge is 0.324 e. The number of nitrogens with one attached hydrogen (secondary N) is 1. The molecule has 0 spiro atoms. The zero-order valence-corrected chi connectivity index (χ0v) is 17.6. The van der Waals surface area contributed by atoms with Crippen LogP contribution in [-0.2, 0) is 24.2 Å². The van der Waals surface area contributed by atoms with Gasteiger partial charge in [0.15, 0.2) is 0 Å². The summed E-state index contributed by atoms with van der Waals surface area (Å²) in [4.78, 5) is 31.1. The number of hydrogen-bond acceptors (Lipinski definition) is 4. The minimum absolute atomic E-state index is 0.129. The second kappa shape index (κ2) is 7.50. The Balaban J connectivity index is 1.55. The number of aryl methyl sites for hydroxylation is 3. The maximum atomic E-state index is 13.3. The first-order valence-corrected chi connectivity index (χ1v) is 10.4. The summed E-state index contributed by atoms with van der Waals surface area (Å²) in [6.07, 6.45) is 2.38. The van der Waals surface area contributed by atoms with Crippen molar-refractivity contribution in [3.8, 4) is 5.95 Å². The summed E-state index contributed by atoms with van der Waals surface area (Å²) in [6, 6.07) is 15.6. The predicted molar refractivity (Wildman–Crippen MR) is 120 cm³/mol. The number of hydrogen-bond donors (Lipinski definition) is 1. The van der Waals surface area contributed by atoms with Gasteiger partial charge in [0.25, 0.3) is 5.56 Å². The lowest BCUT2D eigenvalue weighted by atomic mass is 10.1. The van der Waals surface area contributed by atoms with E-state index in [4.69, 9.17) is 4.98 Å². The number of nitrogens with zero attached hydrogens (tertiary/aromatic N) is 4. The van der Waals surface area contributed by atoms with Crippen molar-refractivity contribution in [3.05, 3.63) is 81.5 Å². The van der Waals surface area contributed by atoms with Crippen LogP contribution in [0.4, 0.5) is 5.69 Å². The minimum Gasteiger partial charge on any atom is -0.324 e. The lowest BCUT2D eigenvalue weighted by Gasteiger charge is -2.15. The van der Waals surface area contributed by atoms with Gasteiger partial charge >= 0.3 is 0 Å². The van der Waals surface area contributed by atoms with Gasteiger partial charge in [0, 0.05) is 22.3 Å². The highest BCUT2D eigenvalue weighted by molar-refractivity contribution is 6.02. The Morgan fingerprint density at radius 1 is 1.10 bits per heavy atom. The SMILES string of the molecule is Cc1cc(C)n(-c2nc3c(c(=O)n2CC(=O)Nc2cccc4ccccc24)CCC3)n1. The van der Waals surface area contributed by atoms with Gasteiger partial charge in [-0.25, -0.2) is 9.67 Å². The fourth-order valence-corrected chi connectivity index (χ4v) is 4.32. The topological polar surface area (TPSA) is 81.8 Å². The van der Waals surface area contributed by atoms with Crippen LogP contribution in [0.5, 0.6) is 0 Å². The van der Waals surface area contributed by atoms with Crippen LogP contribution in [0.3, 0.4) is 0 Å². The fourth-order valence-electron chi connectivity index (χ4n) is 4.32. The number of carbonyl (C=O) groups excluding carboxylic acids is 1. The highest BCUT2D eigenvalue weighted by atomic mass is 16.2. The molecule has 0 radical (unpaired) electrons. The molecule has 2 aromatic heterocycles. The number of amides is 1. The van der Waals surface area contributed by atoms with E-state index in [0.29, 0.717) is 17.9 Å². The summed E-state index contributed by atoms with van der Waals surface area (Å²) in [5, 5.41) is 9.47. The Bertz CT molecular complexity index is 1380. The molecule has 156 valence electrons. The van der Waals surface area contributed by atoms with E-state index in [1.807, 2.05) is 62.4 Å². The van der Waals surface area contributed by atoms with Crippen LogP contribution in [0.2, 0.25) is 0 Å². The number of carbonyl (C=O) groups is 1. The average Bonchev–Trinajstić information content (AvgIpc) is 3.36. The van der Waals surface area contributed by atoms with E-state index in [9.17, 15) is 9.59 Å². The third-order valence-corrected chi connectivity index (χ3v) is 5.73. The van der Waals surface area contributed by atoms with Gasteiger partial charge in [-0.3, -0.25) is 14.2 Å². The Morgan fingerprint density at radius 2 is 1.90 bits per heavy atom. The highest BCUT2D eigenvalue weighted by Crippen LogP contribution is 2.23. The first-order valence-electron chi connectivity index (χ1n) is 10.4. The van der Waals surface area contributed by atoms with Gasteiger partial charge in [-0.1, -0.05) is 36.4 Å². The van der Waals surface area contributed by atoms with Gasteiger partial charge in [-0.15, -0.1) is 0 Å². The smallest absolute Gasteiger partial charge is 0.258 e. The molecule has 1 aliphatic carbocycles. The Hall–Kier alpha value is -3.74. The molecule has 5 rings (SSSR count). The van der Waals surface area contributed by atoms with E-state index in [1.54, 1.807) is 4.68 Å². The van der Waals surface area contributed by atoms with Gasteiger partial charge in [0.05, 0.1) is 11.4 Å². The molecule has 0 atom stereocenters. The zero-order chi connectivity index (χ0) is 21.5. The monoisotopic (exact) mass is 413 g/mol. The molecule has 0 fully saturated rings. The van der Waals surface area contributed by atoms with E-state index in [-0.39, 0.29) is 18.0 Å². The zero-order valence-electron chi connectivity index (χ0n) is 17.6. The van der Waals surface area contributed by atoms with Crippen molar-refractivity contribution < 1.29 is 4.79 Å².